The van der Waals surface area contributed by atoms with E-state index < -0.39 is 0 Å². The Kier molecular flexibility index (Phi) is 3.84. The van der Waals surface area contributed by atoms with Gasteiger partial charge in [-0.2, -0.15) is 0 Å². The molecule has 0 amide bonds. The summed E-state index contributed by atoms with van der Waals surface area (Å²) in [6.07, 6.45) is 0. The molecule has 5 aromatic rings. The standard InChI is InChI=1S/C28H25BO2/c1-27(2)28(3,4)31-29(30-27)22-16-15-19-10-12-21-14-13-20-11-9-18-7-5-6-8-23(18)25(20)26(21)24(19)17-22/h5-17H,1-4H3. The Balaban J connectivity index is 1.68. The van der Waals surface area contributed by atoms with Gasteiger partial charge in [-0.1, -0.05) is 78.9 Å². The van der Waals surface area contributed by atoms with Crippen molar-refractivity contribution in [2.45, 2.75) is 38.9 Å². The first-order chi connectivity index (χ1) is 14.8. The lowest BCUT2D eigenvalue weighted by atomic mass is 9.77. The first-order valence-corrected chi connectivity index (χ1v) is 11.0. The maximum atomic E-state index is 6.35. The first-order valence-electron chi connectivity index (χ1n) is 11.0. The second-order valence-corrected chi connectivity index (χ2v) is 9.68. The van der Waals surface area contributed by atoms with Crippen LogP contribution in [-0.2, 0) is 9.31 Å². The van der Waals surface area contributed by atoms with Crippen molar-refractivity contribution in [3.63, 3.8) is 0 Å². The number of hydrogen-bond donors (Lipinski definition) is 0. The third-order valence-corrected chi connectivity index (χ3v) is 7.26. The Labute approximate surface area is 182 Å². The fourth-order valence-corrected chi connectivity index (χ4v) is 4.78. The van der Waals surface area contributed by atoms with E-state index in [4.69, 9.17) is 9.31 Å². The summed E-state index contributed by atoms with van der Waals surface area (Å²) >= 11 is 0. The van der Waals surface area contributed by atoms with Crippen molar-refractivity contribution in [2.75, 3.05) is 0 Å². The predicted octanol–water partition coefficient (Wildman–Crippen LogP) is 6.60. The van der Waals surface area contributed by atoms with Gasteiger partial charge in [0.25, 0.3) is 0 Å². The van der Waals surface area contributed by atoms with Gasteiger partial charge in [-0.05, 0) is 76.2 Å². The zero-order valence-electron chi connectivity index (χ0n) is 18.4. The van der Waals surface area contributed by atoms with Crippen LogP contribution in [0.2, 0.25) is 0 Å². The molecule has 152 valence electrons. The van der Waals surface area contributed by atoms with Crippen LogP contribution < -0.4 is 5.46 Å². The molecule has 31 heavy (non-hydrogen) atoms. The Morgan fingerprint density at radius 2 is 1.03 bits per heavy atom. The Morgan fingerprint density at radius 1 is 0.548 bits per heavy atom. The molecular weight excluding hydrogens is 379 g/mol. The van der Waals surface area contributed by atoms with Crippen LogP contribution in [-0.4, -0.2) is 18.3 Å². The number of benzene rings is 5. The van der Waals surface area contributed by atoms with Crippen molar-refractivity contribution >= 4 is 55.7 Å². The van der Waals surface area contributed by atoms with Gasteiger partial charge in [-0.25, -0.2) is 0 Å². The van der Waals surface area contributed by atoms with E-state index in [2.05, 4.69) is 107 Å². The van der Waals surface area contributed by atoms with Crippen molar-refractivity contribution in [2.24, 2.45) is 0 Å². The normalized spacial score (nSPS) is 17.9. The van der Waals surface area contributed by atoms with Crippen molar-refractivity contribution in [1.82, 2.24) is 0 Å². The average molecular weight is 404 g/mol. The highest BCUT2D eigenvalue weighted by atomic mass is 16.7. The van der Waals surface area contributed by atoms with E-state index in [1.54, 1.807) is 0 Å². The lowest BCUT2D eigenvalue weighted by Crippen LogP contribution is -2.41. The van der Waals surface area contributed by atoms with E-state index in [0.717, 1.165) is 5.46 Å². The number of hydrogen-bond acceptors (Lipinski definition) is 2. The quantitative estimate of drug-likeness (QED) is 0.232. The lowest BCUT2D eigenvalue weighted by Gasteiger charge is -2.32. The van der Waals surface area contributed by atoms with E-state index in [9.17, 15) is 0 Å². The summed E-state index contributed by atoms with van der Waals surface area (Å²) in [6.45, 7) is 8.40. The second kappa shape index (κ2) is 6.32. The molecule has 0 bridgehead atoms. The molecule has 1 aliphatic rings. The van der Waals surface area contributed by atoms with Gasteiger partial charge in [0.15, 0.2) is 0 Å². The summed E-state index contributed by atoms with van der Waals surface area (Å²) in [4.78, 5) is 0. The smallest absolute Gasteiger partial charge is 0.399 e. The molecule has 5 aromatic carbocycles. The van der Waals surface area contributed by atoms with Gasteiger partial charge in [0, 0.05) is 0 Å². The molecule has 0 atom stereocenters. The minimum absolute atomic E-state index is 0.353. The molecule has 1 heterocycles. The highest BCUT2D eigenvalue weighted by Gasteiger charge is 2.51. The highest BCUT2D eigenvalue weighted by molar-refractivity contribution is 6.62. The second-order valence-electron chi connectivity index (χ2n) is 9.68. The van der Waals surface area contributed by atoms with Crippen LogP contribution in [0.15, 0.2) is 78.9 Å². The van der Waals surface area contributed by atoms with Crippen molar-refractivity contribution < 1.29 is 9.31 Å². The van der Waals surface area contributed by atoms with Crippen LogP contribution in [0.4, 0.5) is 0 Å². The van der Waals surface area contributed by atoms with E-state index in [0.29, 0.717) is 0 Å². The Hall–Kier alpha value is -2.88. The predicted molar refractivity (Wildman–Crippen MR) is 132 cm³/mol. The molecule has 0 saturated carbocycles. The van der Waals surface area contributed by atoms with Gasteiger partial charge in [-0.15, -0.1) is 0 Å². The first kappa shape index (κ1) is 18.9. The molecule has 2 nitrogen and oxygen atoms in total. The monoisotopic (exact) mass is 404 g/mol. The molecule has 1 aliphatic heterocycles. The topological polar surface area (TPSA) is 18.5 Å². The van der Waals surface area contributed by atoms with Crippen molar-refractivity contribution in [3.05, 3.63) is 78.9 Å². The fourth-order valence-electron chi connectivity index (χ4n) is 4.78. The van der Waals surface area contributed by atoms with E-state index >= 15 is 0 Å². The summed E-state index contributed by atoms with van der Waals surface area (Å²) < 4.78 is 12.7. The third-order valence-electron chi connectivity index (χ3n) is 7.26. The van der Waals surface area contributed by atoms with Crippen LogP contribution in [0.1, 0.15) is 27.7 Å². The lowest BCUT2D eigenvalue weighted by molar-refractivity contribution is 0.00578. The summed E-state index contributed by atoms with van der Waals surface area (Å²) in [5, 5.41) is 10.2. The molecule has 3 heteroatoms. The van der Waals surface area contributed by atoms with Gasteiger partial charge in [-0.3, -0.25) is 0 Å². The minimum Gasteiger partial charge on any atom is -0.399 e. The van der Waals surface area contributed by atoms with Crippen molar-refractivity contribution in [1.29, 1.82) is 0 Å². The molecule has 0 aromatic heterocycles. The van der Waals surface area contributed by atoms with E-state index in [-0.39, 0.29) is 18.3 Å². The molecular formula is C28H25BO2. The maximum absolute atomic E-state index is 6.35. The summed E-state index contributed by atoms with van der Waals surface area (Å²) in [5.74, 6) is 0. The molecule has 6 rings (SSSR count). The van der Waals surface area contributed by atoms with Crippen LogP contribution in [0.25, 0.3) is 43.1 Å². The molecule has 1 fully saturated rings. The van der Waals surface area contributed by atoms with Crippen LogP contribution in [0, 0.1) is 0 Å². The molecule has 0 aliphatic carbocycles. The van der Waals surface area contributed by atoms with Crippen LogP contribution in [0.3, 0.4) is 0 Å². The summed E-state index contributed by atoms with van der Waals surface area (Å²) in [6, 6.07) is 28.6. The Morgan fingerprint density at radius 3 is 1.68 bits per heavy atom. The molecule has 0 N–H and O–H groups in total. The van der Waals surface area contributed by atoms with Gasteiger partial charge < -0.3 is 9.31 Å². The van der Waals surface area contributed by atoms with Crippen molar-refractivity contribution in [3.8, 4) is 0 Å². The largest absolute Gasteiger partial charge is 0.494 e. The van der Waals surface area contributed by atoms with Gasteiger partial charge in [0.2, 0.25) is 0 Å². The van der Waals surface area contributed by atoms with Gasteiger partial charge >= 0.3 is 7.12 Å². The van der Waals surface area contributed by atoms with E-state index in [1.165, 1.54) is 43.1 Å². The molecule has 0 unspecified atom stereocenters. The molecule has 1 saturated heterocycles. The number of fused-ring (bicyclic) bond motifs is 7. The zero-order chi connectivity index (χ0) is 21.4. The summed E-state index contributed by atoms with van der Waals surface area (Å²) in [5.41, 5.74) is 0.360. The zero-order valence-corrected chi connectivity index (χ0v) is 18.4. The fraction of sp³-hybridized carbons (Fsp3) is 0.214. The van der Waals surface area contributed by atoms with Crippen LogP contribution in [0.5, 0.6) is 0 Å². The van der Waals surface area contributed by atoms with E-state index in [1.807, 2.05) is 0 Å². The SMILES string of the molecule is CC1(C)OB(c2ccc3ccc4ccc5ccc6ccccc6c5c4c3c2)OC1(C)C. The minimum atomic E-state index is -0.364. The Bertz CT molecular complexity index is 1470. The van der Waals surface area contributed by atoms with Gasteiger partial charge in [0.1, 0.15) is 0 Å². The maximum Gasteiger partial charge on any atom is 0.494 e. The average Bonchev–Trinajstić information content (AvgIpc) is 2.99. The third kappa shape index (κ3) is 2.73. The summed E-state index contributed by atoms with van der Waals surface area (Å²) in [7, 11) is -0.364. The van der Waals surface area contributed by atoms with Crippen LogP contribution >= 0.6 is 0 Å². The highest BCUT2D eigenvalue weighted by Crippen LogP contribution is 2.38. The van der Waals surface area contributed by atoms with Gasteiger partial charge in [0.05, 0.1) is 11.2 Å². The molecule has 0 radical (unpaired) electrons. The number of rotatable bonds is 1. The molecule has 0 spiro atoms.